The molecule has 3 N–H and O–H groups in total. The summed E-state index contributed by atoms with van der Waals surface area (Å²) in [6.45, 7) is 3.75. The van der Waals surface area contributed by atoms with Gasteiger partial charge in [-0.1, -0.05) is 5.16 Å². The van der Waals surface area contributed by atoms with Crippen LogP contribution in [0.4, 0.5) is 0 Å². The van der Waals surface area contributed by atoms with Crippen LogP contribution in [0.25, 0.3) is 0 Å². The molecule has 0 bridgehead atoms. The topological polar surface area (TPSA) is 94.0 Å². The lowest BCUT2D eigenvalue weighted by atomic mass is 10.2. The Bertz CT molecular complexity index is 308. The molecule has 0 saturated carbocycles. The maximum absolute atomic E-state index is 11.2. The molecule has 0 saturated heterocycles. The molecule has 1 amide bonds. The Balaban J connectivity index is 2.30. The van der Waals surface area contributed by atoms with Gasteiger partial charge in [-0.05, 0) is 6.92 Å². The normalized spacial score (nSPS) is 12.5. The Labute approximate surface area is 81.9 Å². The molecule has 0 aromatic carbocycles. The first kappa shape index (κ1) is 10.6. The lowest BCUT2D eigenvalue weighted by molar-refractivity contribution is -0.121. The average Bonchev–Trinajstić information content (AvgIpc) is 2.47. The fraction of sp³-hybridized carbons (Fsp3) is 0.625. The zero-order chi connectivity index (χ0) is 10.6. The summed E-state index contributed by atoms with van der Waals surface area (Å²) in [6.07, 6.45) is 0.302. The standard InChI is InChI=1S/C8H14N4O2/c1-5(9)3-8(13)10-4-7-11-6(2)14-12-7/h5H,3-4,9H2,1-2H3,(H,10,13). The van der Waals surface area contributed by atoms with Gasteiger partial charge in [0.25, 0.3) is 0 Å². The van der Waals surface area contributed by atoms with Crippen LogP contribution in [0.15, 0.2) is 4.52 Å². The van der Waals surface area contributed by atoms with Crippen LogP contribution in [-0.4, -0.2) is 22.1 Å². The second-order valence-corrected chi connectivity index (χ2v) is 3.19. The molecule has 78 valence electrons. The minimum atomic E-state index is -0.137. The first-order valence-electron chi connectivity index (χ1n) is 4.39. The van der Waals surface area contributed by atoms with E-state index >= 15 is 0 Å². The third kappa shape index (κ3) is 3.53. The first-order valence-corrected chi connectivity index (χ1v) is 4.39. The van der Waals surface area contributed by atoms with Crippen molar-refractivity contribution < 1.29 is 9.32 Å². The Morgan fingerprint density at radius 2 is 2.43 bits per heavy atom. The molecule has 1 aromatic heterocycles. The van der Waals surface area contributed by atoms with Gasteiger partial charge in [0.1, 0.15) is 0 Å². The van der Waals surface area contributed by atoms with Gasteiger partial charge >= 0.3 is 0 Å². The van der Waals surface area contributed by atoms with Crippen molar-refractivity contribution in [1.29, 1.82) is 0 Å². The highest BCUT2D eigenvalue weighted by atomic mass is 16.5. The van der Waals surface area contributed by atoms with Crippen LogP contribution in [0.3, 0.4) is 0 Å². The number of hydrogen-bond donors (Lipinski definition) is 2. The number of carbonyl (C=O) groups is 1. The number of carbonyl (C=O) groups excluding carboxylic acids is 1. The van der Waals surface area contributed by atoms with Gasteiger partial charge in [0, 0.05) is 19.4 Å². The van der Waals surface area contributed by atoms with Crippen molar-refractivity contribution in [3.05, 3.63) is 11.7 Å². The van der Waals surface area contributed by atoms with Crippen LogP contribution in [0.5, 0.6) is 0 Å². The number of nitrogens with one attached hydrogen (secondary N) is 1. The molecule has 0 aliphatic heterocycles. The molecule has 6 nitrogen and oxygen atoms in total. The zero-order valence-corrected chi connectivity index (χ0v) is 8.28. The summed E-state index contributed by atoms with van der Waals surface area (Å²) < 4.78 is 4.74. The fourth-order valence-electron chi connectivity index (χ4n) is 0.955. The fourth-order valence-corrected chi connectivity index (χ4v) is 0.955. The molecule has 1 heterocycles. The molecule has 1 aromatic rings. The Hall–Kier alpha value is -1.43. The second kappa shape index (κ2) is 4.71. The number of nitrogens with zero attached hydrogens (tertiary/aromatic N) is 2. The number of nitrogens with two attached hydrogens (primary N) is 1. The number of aryl methyl sites for hydroxylation is 1. The highest BCUT2D eigenvalue weighted by Crippen LogP contribution is 1.94. The van der Waals surface area contributed by atoms with E-state index in [0.29, 0.717) is 18.1 Å². The largest absolute Gasteiger partial charge is 0.349 e. The van der Waals surface area contributed by atoms with Crippen LogP contribution >= 0.6 is 0 Å². The number of amides is 1. The van der Waals surface area contributed by atoms with Gasteiger partial charge in [0.15, 0.2) is 5.82 Å². The summed E-state index contributed by atoms with van der Waals surface area (Å²) in [5, 5.41) is 6.27. The predicted octanol–water partition coefficient (Wildman–Crippen LogP) is -0.268. The molecule has 1 rings (SSSR count). The monoisotopic (exact) mass is 198 g/mol. The van der Waals surface area contributed by atoms with E-state index in [1.54, 1.807) is 13.8 Å². The molecule has 14 heavy (non-hydrogen) atoms. The highest BCUT2D eigenvalue weighted by Gasteiger charge is 2.06. The van der Waals surface area contributed by atoms with E-state index in [1.165, 1.54) is 0 Å². The molecule has 0 aliphatic rings. The predicted molar refractivity (Wildman–Crippen MR) is 49.1 cm³/mol. The SMILES string of the molecule is Cc1nc(CNC(=O)CC(C)N)no1. The van der Waals surface area contributed by atoms with E-state index in [2.05, 4.69) is 15.5 Å². The van der Waals surface area contributed by atoms with Crippen LogP contribution in [0.2, 0.25) is 0 Å². The van der Waals surface area contributed by atoms with E-state index in [1.807, 2.05) is 0 Å². The second-order valence-electron chi connectivity index (χ2n) is 3.19. The molecule has 0 radical (unpaired) electrons. The third-order valence-corrected chi connectivity index (χ3v) is 1.52. The van der Waals surface area contributed by atoms with Gasteiger partial charge < -0.3 is 15.6 Å². The molecule has 1 unspecified atom stereocenters. The van der Waals surface area contributed by atoms with Crippen molar-refractivity contribution >= 4 is 5.91 Å². The van der Waals surface area contributed by atoms with E-state index in [9.17, 15) is 4.79 Å². The van der Waals surface area contributed by atoms with Crippen LogP contribution in [0, 0.1) is 6.92 Å². The summed E-state index contributed by atoms with van der Waals surface area (Å²) in [7, 11) is 0. The van der Waals surface area contributed by atoms with Gasteiger partial charge in [0.2, 0.25) is 11.8 Å². The highest BCUT2D eigenvalue weighted by molar-refractivity contribution is 5.76. The van der Waals surface area contributed by atoms with Gasteiger partial charge in [-0.2, -0.15) is 4.98 Å². The van der Waals surface area contributed by atoms with Gasteiger partial charge in [-0.3, -0.25) is 4.79 Å². The summed E-state index contributed by atoms with van der Waals surface area (Å²) in [6, 6.07) is -0.137. The van der Waals surface area contributed by atoms with Crippen LogP contribution in [0.1, 0.15) is 25.1 Å². The summed E-state index contributed by atoms with van der Waals surface area (Å²) >= 11 is 0. The molecular formula is C8H14N4O2. The van der Waals surface area contributed by atoms with E-state index in [0.717, 1.165) is 0 Å². The van der Waals surface area contributed by atoms with Crippen molar-refractivity contribution in [2.75, 3.05) is 0 Å². The molecule has 0 spiro atoms. The van der Waals surface area contributed by atoms with Crippen molar-refractivity contribution in [3.63, 3.8) is 0 Å². The van der Waals surface area contributed by atoms with E-state index in [4.69, 9.17) is 10.3 Å². The molecule has 0 fully saturated rings. The Morgan fingerprint density at radius 3 is 2.93 bits per heavy atom. The Morgan fingerprint density at radius 1 is 1.71 bits per heavy atom. The van der Waals surface area contributed by atoms with Gasteiger partial charge in [0.05, 0.1) is 6.54 Å². The molecule has 6 heteroatoms. The van der Waals surface area contributed by atoms with Crippen molar-refractivity contribution in [2.45, 2.75) is 32.9 Å². The summed E-state index contributed by atoms with van der Waals surface area (Å²) in [5.41, 5.74) is 5.46. The maximum Gasteiger partial charge on any atom is 0.223 e. The van der Waals surface area contributed by atoms with Crippen LogP contribution < -0.4 is 11.1 Å². The molecule has 0 aliphatic carbocycles. The number of aromatic nitrogens is 2. The Kier molecular flexibility index (Phi) is 3.58. The van der Waals surface area contributed by atoms with Crippen LogP contribution in [-0.2, 0) is 11.3 Å². The van der Waals surface area contributed by atoms with E-state index < -0.39 is 0 Å². The zero-order valence-electron chi connectivity index (χ0n) is 8.28. The minimum Gasteiger partial charge on any atom is -0.349 e. The van der Waals surface area contributed by atoms with Gasteiger partial charge in [-0.15, -0.1) is 0 Å². The third-order valence-electron chi connectivity index (χ3n) is 1.52. The summed E-state index contributed by atoms with van der Waals surface area (Å²) in [5.74, 6) is 0.851. The average molecular weight is 198 g/mol. The van der Waals surface area contributed by atoms with Gasteiger partial charge in [-0.25, -0.2) is 0 Å². The lowest BCUT2D eigenvalue weighted by Crippen LogP contribution is -2.29. The number of hydrogen-bond acceptors (Lipinski definition) is 5. The van der Waals surface area contributed by atoms with Crippen molar-refractivity contribution in [2.24, 2.45) is 5.73 Å². The summed E-state index contributed by atoms with van der Waals surface area (Å²) in [4.78, 5) is 15.1. The maximum atomic E-state index is 11.2. The van der Waals surface area contributed by atoms with Crippen molar-refractivity contribution in [1.82, 2.24) is 15.5 Å². The van der Waals surface area contributed by atoms with Crippen molar-refractivity contribution in [3.8, 4) is 0 Å². The molecular weight excluding hydrogens is 184 g/mol. The first-order chi connectivity index (χ1) is 6.58. The minimum absolute atomic E-state index is 0.109. The number of rotatable bonds is 4. The quantitative estimate of drug-likeness (QED) is 0.694. The molecule has 1 atom stereocenters. The van der Waals surface area contributed by atoms with E-state index in [-0.39, 0.29) is 18.5 Å². The lowest BCUT2D eigenvalue weighted by Gasteiger charge is -2.04. The smallest absolute Gasteiger partial charge is 0.223 e.